The molecular formula is C34H30N4O3. The lowest BCUT2D eigenvalue weighted by Gasteiger charge is -2.23. The Bertz CT molecular complexity index is 1740. The van der Waals surface area contributed by atoms with Crippen LogP contribution < -0.4 is 15.0 Å². The third-order valence-electron chi connectivity index (χ3n) is 7.55. The van der Waals surface area contributed by atoms with Crippen molar-refractivity contribution >= 4 is 17.5 Å². The monoisotopic (exact) mass is 542 g/mol. The predicted molar refractivity (Wildman–Crippen MR) is 159 cm³/mol. The molecule has 7 nitrogen and oxygen atoms in total. The fourth-order valence-electron chi connectivity index (χ4n) is 5.43. The number of methoxy groups -OCH3 is 1. The van der Waals surface area contributed by atoms with Gasteiger partial charge < -0.3 is 19.5 Å². The molecular weight excluding hydrogens is 512 g/mol. The number of carbonyl (C=O) groups is 2. The summed E-state index contributed by atoms with van der Waals surface area (Å²) in [6.07, 6.45) is 3.42. The average Bonchev–Trinajstić information content (AvgIpc) is 3.33. The van der Waals surface area contributed by atoms with E-state index in [4.69, 9.17) is 4.74 Å². The smallest absolute Gasteiger partial charge is 0.268 e. The minimum absolute atomic E-state index is 0.0922. The van der Waals surface area contributed by atoms with E-state index in [-0.39, 0.29) is 11.8 Å². The van der Waals surface area contributed by atoms with Crippen molar-refractivity contribution in [3.8, 4) is 16.9 Å². The standard InChI is InChI=1S/C34H30N4O3/c1-23-19-25(11-13-28(23)29-8-4-6-10-32(29)41-2)34(40)38-22-27-12-14-31(33(39)36-20-24-15-17-35-18-16-24)37(27)21-26-7-3-5-9-30(26)38/h3-19H,20-22H2,1-2H3,(H,36,39). The number of nitrogens with zero attached hydrogens (tertiary/aromatic N) is 3. The maximum atomic E-state index is 14.1. The Morgan fingerprint density at radius 1 is 0.878 bits per heavy atom. The second-order valence-electron chi connectivity index (χ2n) is 10.1. The topological polar surface area (TPSA) is 76.5 Å². The predicted octanol–water partition coefficient (Wildman–Crippen LogP) is 6.01. The molecule has 2 aromatic heterocycles. The lowest BCUT2D eigenvalue weighted by Crippen LogP contribution is -2.30. The molecule has 7 heteroatoms. The number of amides is 2. The van der Waals surface area contributed by atoms with Gasteiger partial charge in [-0.3, -0.25) is 14.6 Å². The number of fused-ring (bicyclic) bond motifs is 2. The summed E-state index contributed by atoms with van der Waals surface area (Å²) < 4.78 is 7.57. The van der Waals surface area contributed by atoms with Crippen LogP contribution in [0.4, 0.5) is 5.69 Å². The second kappa shape index (κ2) is 11.1. The van der Waals surface area contributed by atoms with Gasteiger partial charge >= 0.3 is 0 Å². The average molecular weight is 543 g/mol. The molecule has 41 heavy (non-hydrogen) atoms. The quantitative estimate of drug-likeness (QED) is 0.285. The third-order valence-corrected chi connectivity index (χ3v) is 7.55. The Morgan fingerprint density at radius 2 is 1.66 bits per heavy atom. The molecule has 3 heterocycles. The first-order valence-electron chi connectivity index (χ1n) is 13.5. The van der Waals surface area contributed by atoms with Crippen molar-refractivity contribution in [2.75, 3.05) is 12.0 Å². The molecule has 2 amide bonds. The minimum Gasteiger partial charge on any atom is -0.496 e. The van der Waals surface area contributed by atoms with E-state index in [0.29, 0.717) is 30.9 Å². The van der Waals surface area contributed by atoms with Crippen LogP contribution in [-0.2, 0) is 19.6 Å². The van der Waals surface area contributed by atoms with Gasteiger partial charge in [0.15, 0.2) is 0 Å². The highest BCUT2D eigenvalue weighted by Gasteiger charge is 2.27. The number of nitrogens with one attached hydrogen (secondary N) is 1. The fourth-order valence-corrected chi connectivity index (χ4v) is 5.43. The number of anilines is 1. The number of ether oxygens (including phenoxy) is 1. The Labute approximate surface area is 239 Å². The van der Waals surface area contributed by atoms with Gasteiger partial charge in [0, 0.05) is 41.4 Å². The molecule has 1 aliphatic heterocycles. The Morgan fingerprint density at radius 3 is 2.46 bits per heavy atom. The van der Waals surface area contributed by atoms with Crippen molar-refractivity contribution in [2.45, 2.75) is 26.6 Å². The van der Waals surface area contributed by atoms with Gasteiger partial charge in [0.25, 0.3) is 11.8 Å². The van der Waals surface area contributed by atoms with Crippen LogP contribution in [-0.4, -0.2) is 28.5 Å². The molecule has 6 rings (SSSR count). The van der Waals surface area contributed by atoms with E-state index in [1.807, 2.05) is 107 Å². The van der Waals surface area contributed by atoms with E-state index in [1.165, 1.54) is 0 Å². The first kappa shape index (κ1) is 26.1. The van der Waals surface area contributed by atoms with Crippen LogP contribution in [0, 0.1) is 6.92 Å². The first-order chi connectivity index (χ1) is 20.0. The van der Waals surface area contributed by atoms with Crippen LogP contribution in [0.25, 0.3) is 11.1 Å². The number of hydrogen-bond donors (Lipinski definition) is 1. The third kappa shape index (κ3) is 5.10. The number of para-hydroxylation sites is 2. The minimum atomic E-state index is -0.159. The highest BCUT2D eigenvalue weighted by molar-refractivity contribution is 6.07. The molecule has 3 aromatic carbocycles. The molecule has 0 spiro atoms. The molecule has 204 valence electrons. The second-order valence-corrected chi connectivity index (χ2v) is 10.1. The number of carbonyl (C=O) groups excluding carboxylic acids is 2. The Kier molecular flexibility index (Phi) is 7.08. The lowest BCUT2D eigenvalue weighted by atomic mass is 9.97. The van der Waals surface area contributed by atoms with E-state index >= 15 is 0 Å². The molecule has 1 aliphatic rings. The van der Waals surface area contributed by atoms with Gasteiger partial charge in [-0.15, -0.1) is 0 Å². The molecule has 0 saturated carbocycles. The zero-order valence-electron chi connectivity index (χ0n) is 23.0. The normalized spacial score (nSPS) is 12.2. The fraction of sp³-hybridized carbons (Fsp3) is 0.147. The van der Waals surface area contributed by atoms with Gasteiger partial charge in [-0.2, -0.15) is 0 Å². The maximum absolute atomic E-state index is 14.1. The summed E-state index contributed by atoms with van der Waals surface area (Å²) in [4.78, 5) is 33.1. The van der Waals surface area contributed by atoms with Crippen molar-refractivity contribution in [3.63, 3.8) is 0 Å². The molecule has 1 N–H and O–H groups in total. The lowest BCUT2D eigenvalue weighted by molar-refractivity contribution is 0.0941. The summed E-state index contributed by atoms with van der Waals surface area (Å²) in [5, 5.41) is 3.01. The van der Waals surface area contributed by atoms with E-state index in [1.54, 1.807) is 19.5 Å². The van der Waals surface area contributed by atoms with Gasteiger partial charge in [0.05, 0.1) is 20.2 Å². The summed E-state index contributed by atoms with van der Waals surface area (Å²) in [5.74, 6) is 0.538. The molecule has 0 fully saturated rings. The van der Waals surface area contributed by atoms with E-state index < -0.39 is 0 Å². The van der Waals surface area contributed by atoms with Crippen LogP contribution >= 0.6 is 0 Å². The van der Waals surface area contributed by atoms with Crippen LogP contribution in [0.5, 0.6) is 5.75 Å². The van der Waals surface area contributed by atoms with Gasteiger partial charge in [-0.1, -0.05) is 42.5 Å². The highest BCUT2D eigenvalue weighted by Crippen LogP contribution is 2.34. The van der Waals surface area contributed by atoms with Crippen LogP contribution in [0.15, 0.2) is 103 Å². The summed E-state index contributed by atoms with van der Waals surface area (Å²) in [6, 6.07) is 29.1. The van der Waals surface area contributed by atoms with Crippen molar-refractivity contribution in [2.24, 2.45) is 0 Å². The SMILES string of the molecule is COc1ccccc1-c1ccc(C(=O)N2Cc3ccc(C(=O)NCc4ccncc4)n3Cc3ccccc32)cc1C. The number of benzene rings is 3. The summed E-state index contributed by atoms with van der Waals surface area (Å²) >= 11 is 0. The van der Waals surface area contributed by atoms with Crippen molar-refractivity contribution in [3.05, 3.63) is 137 Å². The van der Waals surface area contributed by atoms with E-state index in [0.717, 1.165) is 44.9 Å². The number of rotatable bonds is 6. The molecule has 0 bridgehead atoms. The molecule has 0 aliphatic carbocycles. The number of aryl methyl sites for hydroxylation is 1. The first-order valence-corrected chi connectivity index (χ1v) is 13.5. The Hall–Kier alpha value is -5.17. The van der Waals surface area contributed by atoms with Gasteiger partial charge in [-0.05, 0) is 77.7 Å². The molecule has 0 radical (unpaired) electrons. The Balaban J connectivity index is 1.30. The van der Waals surface area contributed by atoms with E-state index in [2.05, 4.69) is 10.3 Å². The molecule has 5 aromatic rings. The summed E-state index contributed by atoms with van der Waals surface area (Å²) in [7, 11) is 1.66. The maximum Gasteiger partial charge on any atom is 0.268 e. The summed E-state index contributed by atoms with van der Waals surface area (Å²) in [5.41, 5.74) is 7.85. The van der Waals surface area contributed by atoms with E-state index in [9.17, 15) is 9.59 Å². The van der Waals surface area contributed by atoms with Gasteiger partial charge in [0.1, 0.15) is 11.4 Å². The largest absolute Gasteiger partial charge is 0.496 e. The van der Waals surface area contributed by atoms with Crippen molar-refractivity contribution in [1.82, 2.24) is 14.9 Å². The molecule has 0 atom stereocenters. The van der Waals surface area contributed by atoms with Gasteiger partial charge in [-0.25, -0.2) is 0 Å². The van der Waals surface area contributed by atoms with Crippen LogP contribution in [0.2, 0.25) is 0 Å². The van der Waals surface area contributed by atoms with Crippen LogP contribution in [0.1, 0.15) is 43.2 Å². The van der Waals surface area contributed by atoms with Crippen LogP contribution in [0.3, 0.4) is 0 Å². The highest BCUT2D eigenvalue weighted by atomic mass is 16.5. The zero-order valence-corrected chi connectivity index (χ0v) is 23.0. The zero-order chi connectivity index (χ0) is 28.3. The van der Waals surface area contributed by atoms with Gasteiger partial charge in [0.2, 0.25) is 0 Å². The molecule has 0 saturated heterocycles. The van der Waals surface area contributed by atoms with Crippen molar-refractivity contribution in [1.29, 1.82) is 0 Å². The van der Waals surface area contributed by atoms with Crippen molar-refractivity contribution < 1.29 is 14.3 Å². The number of aromatic nitrogens is 2. The molecule has 0 unspecified atom stereocenters. The number of pyridine rings is 1. The number of hydrogen-bond acceptors (Lipinski definition) is 4. The summed E-state index contributed by atoms with van der Waals surface area (Å²) in [6.45, 7) is 3.26.